The Bertz CT molecular complexity index is 528. The van der Waals surface area contributed by atoms with Gasteiger partial charge < -0.3 is 15.7 Å². The number of halogens is 2. The number of anilines is 1. The molecule has 0 aromatic heterocycles. The molecular formula is C12H12ClFN2O3. The Labute approximate surface area is 114 Å². The fraction of sp³-hybridized carbons (Fsp3) is 0.167. The second-order valence-electron chi connectivity index (χ2n) is 3.81. The molecule has 0 bridgehead atoms. The maximum absolute atomic E-state index is 12.7. The summed E-state index contributed by atoms with van der Waals surface area (Å²) in [6.45, 7) is 0.0914. The van der Waals surface area contributed by atoms with Gasteiger partial charge in [-0.25, -0.2) is 4.39 Å². The number of hydrogen-bond acceptors (Lipinski definition) is 4. The zero-order valence-corrected chi connectivity index (χ0v) is 10.6. The molecule has 1 aromatic rings. The molecule has 5 nitrogen and oxygen atoms in total. The fourth-order valence-corrected chi connectivity index (χ4v) is 1.62. The van der Waals surface area contributed by atoms with Gasteiger partial charge in [0.15, 0.2) is 5.78 Å². The third-order valence-corrected chi connectivity index (χ3v) is 2.47. The Morgan fingerprint density at radius 2 is 1.89 bits per heavy atom. The van der Waals surface area contributed by atoms with E-state index in [1.807, 2.05) is 0 Å². The molecule has 0 saturated carbocycles. The van der Waals surface area contributed by atoms with E-state index in [0.717, 1.165) is 0 Å². The van der Waals surface area contributed by atoms with Gasteiger partial charge in [-0.2, -0.15) is 0 Å². The predicted octanol–water partition coefficient (Wildman–Crippen LogP) is 1.17. The van der Waals surface area contributed by atoms with Crippen LogP contribution in [0.3, 0.4) is 0 Å². The molecule has 1 aliphatic heterocycles. The summed E-state index contributed by atoms with van der Waals surface area (Å²) >= 11 is 0. The molecule has 19 heavy (non-hydrogen) atoms. The molecule has 102 valence electrons. The van der Waals surface area contributed by atoms with Gasteiger partial charge in [0.05, 0.1) is 13.1 Å². The number of ketones is 1. The van der Waals surface area contributed by atoms with Crippen LogP contribution in [0.1, 0.15) is 0 Å². The molecule has 0 saturated heterocycles. The van der Waals surface area contributed by atoms with E-state index in [1.165, 1.54) is 24.3 Å². The highest BCUT2D eigenvalue weighted by molar-refractivity contribution is 6.24. The molecule has 1 heterocycles. The van der Waals surface area contributed by atoms with Crippen molar-refractivity contribution >= 4 is 29.8 Å². The summed E-state index contributed by atoms with van der Waals surface area (Å²) < 4.78 is 12.7. The molecule has 1 aliphatic rings. The minimum Gasteiger partial charge on any atom is -0.510 e. The molecule has 7 heteroatoms. The van der Waals surface area contributed by atoms with E-state index in [2.05, 4.69) is 10.6 Å². The van der Waals surface area contributed by atoms with Gasteiger partial charge in [0.25, 0.3) is 5.91 Å². The van der Waals surface area contributed by atoms with Crippen LogP contribution in [-0.4, -0.2) is 29.9 Å². The number of hydrogen-bond donors (Lipinski definition) is 3. The first-order valence-electron chi connectivity index (χ1n) is 5.31. The Hall–Kier alpha value is -1.92. The molecule has 0 fully saturated rings. The van der Waals surface area contributed by atoms with Crippen molar-refractivity contribution in [3.8, 4) is 0 Å². The van der Waals surface area contributed by atoms with Crippen molar-refractivity contribution in [2.45, 2.75) is 0 Å². The van der Waals surface area contributed by atoms with E-state index in [9.17, 15) is 19.1 Å². The van der Waals surface area contributed by atoms with Crippen LogP contribution in [0, 0.1) is 5.82 Å². The largest absolute Gasteiger partial charge is 0.510 e. The quantitative estimate of drug-likeness (QED) is 0.713. The minimum atomic E-state index is -0.689. The van der Waals surface area contributed by atoms with Crippen molar-refractivity contribution in [3.05, 3.63) is 41.4 Å². The zero-order valence-electron chi connectivity index (χ0n) is 9.77. The topological polar surface area (TPSA) is 78.4 Å². The predicted molar refractivity (Wildman–Crippen MR) is 69.8 cm³/mol. The SMILES string of the molecule is Cl.O=C1CNCC(O)=C1C(=O)Nc1ccc(F)cc1. The van der Waals surface area contributed by atoms with Crippen molar-refractivity contribution in [2.75, 3.05) is 18.4 Å². The molecule has 3 N–H and O–H groups in total. The third kappa shape index (κ3) is 3.52. The van der Waals surface area contributed by atoms with Gasteiger partial charge in [-0.3, -0.25) is 9.59 Å². The van der Waals surface area contributed by atoms with E-state index in [0.29, 0.717) is 5.69 Å². The summed E-state index contributed by atoms with van der Waals surface area (Å²) in [5, 5.41) is 14.6. The molecule has 1 amide bonds. The average Bonchev–Trinajstić information content (AvgIpc) is 2.32. The Morgan fingerprint density at radius 1 is 1.26 bits per heavy atom. The van der Waals surface area contributed by atoms with E-state index in [1.54, 1.807) is 0 Å². The lowest BCUT2D eigenvalue weighted by atomic mass is 10.1. The number of carbonyl (C=O) groups excluding carboxylic acids is 2. The van der Waals surface area contributed by atoms with E-state index in [-0.39, 0.29) is 36.8 Å². The van der Waals surface area contributed by atoms with Crippen molar-refractivity contribution in [1.29, 1.82) is 0 Å². The van der Waals surface area contributed by atoms with E-state index in [4.69, 9.17) is 0 Å². The van der Waals surface area contributed by atoms with Gasteiger partial charge in [0.2, 0.25) is 0 Å². The number of rotatable bonds is 2. The number of carbonyl (C=O) groups is 2. The van der Waals surface area contributed by atoms with E-state index < -0.39 is 17.5 Å². The van der Waals surface area contributed by atoms with Crippen LogP contribution in [0.25, 0.3) is 0 Å². The smallest absolute Gasteiger partial charge is 0.262 e. The van der Waals surface area contributed by atoms with Crippen LogP contribution in [0.15, 0.2) is 35.6 Å². The summed E-state index contributed by atoms with van der Waals surface area (Å²) in [6, 6.07) is 5.12. The maximum atomic E-state index is 12.7. The van der Waals surface area contributed by atoms with Gasteiger partial charge in [-0.1, -0.05) is 0 Å². The van der Waals surface area contributed by atoms with Crippen molar-refractivity contribution in [1.82, 2.24) is 5.32 Å². The Kier molecular flexibility index (Phi) is 5.02. The lowest BCUT2D eigenvalue weighted by molar-refractivity contribution is -0.120. The molecule has 0 spiro atoms. The second kappa shape index (κ2) is 6.31. The molecule has 1 aromatic carbocycles. The van der Waals surface area contributed by atoms with Crippen LogP contribution in [0.2, 0.25) is 0 Å². The highest BCUT2D eigenvalue weighted by atomic mass is 35.5. The van der Waals surface area contributed by atoms with E-state index >= 15 is 0 Å². The average molecular weight is 287 g/mol. The molecule has 0 radical (unpaired) electrons. The van der Waals surface area contributed by atoms with Gasteiger partial charge >= 0.3 is 0 Å². The Morgan fingerprint density at radius 3 is 2.47 bits per heavy atom. The lowest BCUT2D eigenvalue weighted by Crippen LogP contribution is -2.37. The second-order valence-corrected chi connectivity index (χ2v) is 3.81. The van der Waals surface area contributed by atoms with Crippen LogP contribution in [0.4, 0.5) is 10.1 Å². The summed E-state index contributed by atoms with van der Waals surface area (Å²) in [6.07, 6.45) is 0. The van der Waals surface area contributed by atoms with Gasteiger partial charge in [-0.05, 0) is 24.3 Å². The normalized spacial score (nSPS) is 14.9. The van der Waals surface area contributed by atoms with Gasteiger partial charge in [-0.15, -0.1) is 12.4 Å². The highest BCUT2D eigenvalue weighted by Gasteiger charge is 2.26. The lowest BCUT2D eigenvalue weighted by Gasteiger charge is -2.15. The van der Waals surface area contributed by atoms with Crippen molar-refractivity contribution in [3.63, 3.8) is 0 Å². The summed E-state index contributed by atoms with van der Waals surface area (Å²) in [7, 11) is 0. The number of benzene rings is 1. The molecule has 0 aliphatic carbocycles. The number of aliphatic hydroxyl groups excluding tert-OH is 1. The molecule has 0 unspecified atom stereocenters. The first-order valence-corrected chi connectivity index (χ1v) is 5.31. The zero-order chi connectivity index (χ0) is 13.1. The molecule has 2 rings (SSSR count). The summed E-state index contributed by atoms with van der Waals surface area (Å²) in [4.78, 5) is 23.3. The van der Waals surface area contributed by atoms with Crippen LogP contribution in [-0.2, 0) is 9.59 Å². The van der Waals surface area contributed by atoms with Crippen LogP contribution < -0.4 is 10.6 Å². The number of amides is 1. The van der Waals surface area contributed by atoms with Gasteiger partial charge in [0.1, 0.15) is 17.1 Å². The standard InChI is InChI=1S/C12H11FN2O3.ClH/c13-7-1-3-8(4-2-7)15-12(18)11-9(16)5-14-6-10(11)17;/h1-4,14,16H,5-6H2,(H,15,18);1H. The first kappa shape index (κ1) is 15.1. The fourth-order valence-electron chi connectivity index (χ4n) is 1.62. The molecule has 0 atom stereocenters. The summed E-state index contributed by atoms with van der Waals surface area (Å²) in [5.41, 5.74) is 0.103. The summed E-state index contributed by atoms with van der Waals surface area (Å²) in [5.74, 6) is -1.87. The number of Topliss-reactive ketones (excluding diaryl/α,β-unsaturated/α-hetero) is 1. The third-order valence-electron chi connectivity index (χ3n) is 2.47. The minimum absolute atomic E-state index is 0. The van der Waals surface area contributed by atoms with Crippen LogP contribution >= 0.6 is 12.4 Å². The van der Waals surface area contributed by atoms with Crippen LogP contribution in [0.5, 0.6) is 0 Å². The number of nitrogens with one attached hydrogen (secondary N) is 2. The first-order chi connectivity index (χ1) is 8.58. The molecular weight excluding hydrogens is 275 g/mol. The Balaban J connectivity index is 0.00000180. The monoisotopic (exact) mass is 286 g/mol. The maximum Gasteiger partial charge on any atom is 0.262 e. The van der Waals surface area contributed by atoms with Crippen molar-refractivity contribution < 1.29 is 19.1 Å². The highest BCUT2D eigenvalue weighted by Crippen LogP contribution is 2.13. The van der Waals surface area contributed by atoms with Gasteiger partial charge in [0, 0.05) is 5.69 Å². The number of aliphatic hydroxyl groups is 1. The van der Waals surface area contributed by atoms with Crippen molar-refractivity contribution in [2.24, 2.45) is 0 Å².